The van der Waals surface area contributed by atoms with E-state index in [0.717, 1.165) is 20.2 Å². The Bertz CT molecular complexity index is 594. The van der Waals surface area contributed by atoms with Crippen molar-refractivity contribution in [2.75, 3.05) is 44.6 Å². The summed E-state index contributed by atoms with van der Waals surface area (Å²) in [6.07, 6.45) is -0.283. The van der Waals surface area contributed by atoms with E-state index in [-0.39, 0.29) is 12.0 Å². The number of ether oxygens (including phenoxy) is 1. The second-order valence-corrected chi connectivity index (χ2v) is 7.32. The van der Waals surface area contributed by atoms with E-state index in [2.05, 4.69) is 37.2 Å². The third-order valence-electron chi connectivity index (χ3n) is 3.72. The van der Waals surface area contributed by atoms with Crippen molar-refractivity contribution >= 4 is 49.5 Å². The molecule has 1 fully saturated rings. The van der Waals surface area contributed by atoms with Crippen LogP contribution in [0.15, 0.2) is 21.1 Å². The molecule has 8 heteroatoms. The fourth-order valence-corrected chi connectivity index (χ4v) is 4.12. The van der Waals surface area contributed by atoms with Crippen molar-refractivity contribution in [3.05, 3.63) is 26.6 Å². The van der Waals surface area contributed by atoms with Crippen LogP contribution in [0.25, 0.3) is 0 Å². The largest absolute Gasteiger partial charge is 0.450 e. The van der Waals surface area contributed by atoms with Gasteiger partial charge in [0.05, 0.1) is 18.8 Å². The normalized spacial score (nSPS) is 15.2. The molecule has 0 spiro atoms. The van der Waals surface area contributed by atoms with E-state index in [9.17, 15) is 9.59 Å². The fraction of sp³-hybridized carbons (Fsp3) is 0.500. The molecular formula is C16H21Br2N3O3. The molecule has 0 saturated carbocycles. The number of hydrogen-bond donors (Lipinski definition) is 1. The molecule has 0 aliphatic carbocycles. The standard InChI is InChI=1S/C16H21Br2N3O3/c1-3-24-16(23)21-6-4-20(5-7-21)10-14(22)19-15-12(17)8-11(2)9-13(15)18/h8-9H,3-7,10H2,1-2H3,(H,19,22). The number of piperazine rings is 1. The van der Waals surface area contributed by atoms with Gasteiger partial charge in [0.25, 0.3) is 0 Å². The molecule has 6 nitrogen and oxygen atoms in total. The fourth-order valence-electron chi connectivity index (χ4n) is 2.50. The van der Waals surface area contributed by atoms with Crippen molar-refractivity contribution in [1.82, 2.24) is 9.80 Å². The van der Waals surface area contributed by atoms with E-state index >= 15 is 0 Å². The molecule has 1 aromatic carbocycles. The van der Waals surface area contributed by atoms with E-state index in [1.807, 2.05) is 24.0 Å². The minimum absolute atomic E-state index is 0.0789. The summed E-state index contributed by atoms with van der Waals surface area (Å²) in [6.45, 7) is 6.91. The lowest BCUT2D eigenvalue weighted by atomic mass is 10.2. The molecule has 1 heterocycles. The van der Waals surface area contributed by atoms with Gasteiger partial charge in [-0.2, -0.15) is 0 Å². The molecule has 1 aliphatic heterocycles. The number of halogens is 2. The first kappa shape index (κ1) is 19.2. The smallest absolute Gasteiger partial charge is 0.409 e. The Labute approximate surface area is 158 Å². The topological polar surface area (TPSA) is 61.9 Å². The first-order valence-corrected chi connectivity index (χ1v) is 9.39. The van der Waals surface area contributed by atoms with Gasteiger partial charge in [0.2, 0.25) is 5.91 Å². The number of rotatable bonds is 4. The summed E-state index contributed by atoms with van der Waals surface area (Å²) in [7, 11) is 0. The Morgan fingerprint density at radius 3 is 2.29 bits per heavy atom. The Morgan fingerprint density at radius 2 is 1.75 bits per heavy atom. The molecular weight excluding hydrogens is 442 g/mol. The average molecular weight is 463 g/mol. The number of carbonyl (C=O) groups excluding carboxylic acids is 2. The van der Waals surface area contributed by atoms with Crippen LogP contribution in [0.4, 0.5) is 10.5 Å². The van der Waals surface area contributed by atoms with Crippen molar-refractivity contribution < 1.29 is 14.3 Å². The van der Waals surface area contributed by atoms with E-state index in [4.69, 9.17) is 4.74 Å². The number of benzene rings is 1. The Hall–Kier alpha value is -1.12. The van der Waals surface area contributed by atoms with Gasteiger partial charge in [0.1, 0.15) is 0 Å². The van der Waals surface area contributed by atoms with Gasteiger partial charge in [-0.3, -0.25) is 9.69 Å². The molecule has 132 valence electrons. The lowest BCUT2D eigenvalue weighted by Gasteiger charge is -2.33. The summed E-state index contributed by atoms with van der Waals surface area (Å²) in [5, 5.41) is 2.93. The quantitative estimate of drug-likeness (QED) is 0.746. The molecule has 1 N–H and O–H groups in total. The zero-order valence-electron chi connectivity index (χ0n) is 13.8. The summed E-state index contributed by atoms with van der Waals surface area (Å²) >= 11 is 6.95. The lowest BCUT2D eigenvalue weighted by Crippen LogP contribution is -2.50. The van der Waals surface area contributed by atoms with Crippen LogP contribution in [0.3, 0.4) is 0 Å². The predicted molar refractivity (Wildman–Crippen MR) is 100 cm³/mol. The number of hydrogen-bond acceptors (Lipinski definition) is 4. The Morgan fingerprint density at radius 1 is 1.17 bits per heavy atom. The molecule has 1 saturated heterocycles. The van der Waals surface area contributed by atoms with Gasteiger partial charge in [-0.15, -0.1) is 0 Å². The number of anilines is 1. The summed E-state index contributed by atoms with van der Waals surface area (Å²) < 4.78 is 6.68. The van der Waals surface area contributed by atoms with Crippen LogP contribution in [0.2, 0.25) is 0 Å². The minimum Gasteiger partial charge on any atom is -0.450 e. The first-order chi connectivity index (χ1) is 11.4. The molecule has 0 bridgehead atoms. The summed E-state index contributed by atoms with van der Waals surface area (Å²) in [6, 6.07) is 3.91. The van der Waals surface area contributed by atoms with Gasteiger partial charge in [-0.1, -0.05) is 0 Å². The molecule has 0 radical (unpaired) electrons. The molecule has 0 unspecified atom stereocenters. The molecule has 0 atom stereocenters. The first-order valence-electron chi connectivity index (χ1n) is 7.80. The molecule has 1 aliphatic rings. The molecule has 2 rings (SSSR count). The van der Waals surface area contributed by atoms with Crippen LogP contribution in [-0.2, 0) is 9.53 Å². The van der Waals surface area contributed by atoms with Crippen molar-refractivity contribution in [2.24, 2.45) is 0 Å². The van der Waals surface area contributed by atoms with Crippen molar-refractivity contribution in [3.63, 3.8) is 0 Å². The highest BCUT2D eigenvalue weighted by molar-refractivity contribution is 9.11. The van der Waals surface area contributed by atoms with E-state index < -0.39 is 0 Å². The molecule has 2 amide bonds. The van der Waals surface area contributed by atoms with Gasteiger partial charge in [-0.05, 0) is 63.4 Å². The van der Waals surface area contributed by atoms with E-state index in [0.29, 0.717) is 39.3 Å². The van der Waals surface area contributed by atoms with Crippen LogP contribution in [0.5, 0.6) is 0 Å². The van der Waals surface area contributed by atoms with Crippen molar-refractivity contribution in [3.8, 4) is 0 Å². The van der Waals surface area contributed by atoms with Crippen LogP contribution in [-0.4, -0.2) is 61.1 Å². The highest BCUT2D eigenvalue weighted by Crippen LogP contribution is 2.32. The van der Waals surface area contributed by atoms with Crippen LogP contribution < -0.4 is 5.32 Å². The molecule has 24 heavy (non-hydrogen) atoms. The second kappa shape index (κ2) is 8.82. The minimum atomic E-state index is -0.283. The summed E-state index contributed by atoms with van der Waals surface area (Å²) in [5.74, 6) is -0.0789. The number of aryl methyl sites for hydroxylation is 1. The number of nitrogens with one attached hydrogen (secondary N) is 1. The average Bonchev–Trinajstić information content (AvgIpc) is 2.52. The SMILES string of the molecule is CCOC(=O)N1CCN(CC(=O)Nc2c(Br)cc(C)cc2Br)CC1. The van der Waals surface area contributed by atoms with E-state index in [1.54, 1.807) is 11.8 Å². The van der Waals surface area contributed by atoms with Crippen LogP contribution in [0.1, 0.15) is 12.5 Å². The van der Waals surface area contributed by atoms with Crippen LogP contribution in [0, 0.1) is 6.92 Å². The van der Waals surface area contributed by atoms with Crippen molar-refractivity contribution in [2.45, 2.75) is 13.8 Å². The van der Waals surface area contributed by atoms with Gasteiger partial charge in [0, 0.05) is 35.1 Å². The third kappa shape index (κ3) is 5.19. The number of nitrogens with zero attached hydrogens (tertiary/aromatic N) is 2. The monoisotopic (exact) mass is 461 g/mol. The van der Waals surface area contributed by atoms with Gasteiger partial charge in [0.15, 0.2) is 0 Å². The third-order valence-corrected chi connectivity index (χ3v) is 4.97. The zero-order valence-corrected chi connectivity index (χ0v) is 16.9. The van der Waals surface area contributed by atoms with Gasteiger partial charge < -0.3 is 15.0 Å². The second-order valence-electron chi connectivity index (χ2n) is 5.61. The maximum Gasteiger partial charge on any atom is 0.409 e. The summed E-state index contributed by atoms with van der Waals surface area (Å²) in [5.41, 5.74) is 1.83. The Kier molecular flexibility index (Phi) is 7.06. The predicted octanol–water partition coefficient (Wildman–Crippen LogP) is 3.23. The number of amides is 2. The van der Waals surface area contributed by atoms with Crippen LogP contribution >= 0.6 is 31.9 Å². The van der Waals surface area contributed by atoms with Crippen molar-refractivity contribution in [1.29, 1.82) is 0 Å². The number of carbonyl (C=O) groups is 2. The highest BCUT2D eigenvalue weighted by Gasteiger charge is 2.23. The lowest BCUT2D eigenvalue weighted by molar-refractivity contribution is -0.117. The maximum atomic E-state index is 12.3. The zero-order chi connectivity index (χ0) is 17.7. The Balaban J connectivity index is 1.85. The molecule has 0 aromatic heterocycles. The van der Waals surface area contributed by atoms with E-state index in [1.165, 1.54) is 0 Å². The molecule has 1 aromatic rings. The maximum absolute atomic E-state index is 12.3. The van der Waals surface area contributed by atoms with Gasteiger partial charge in [-0.25, -0.2) is 4.79 Å². The highest BCUT2D eigenvalue weighted by atomic mass is 79.9. The summed E-state index contributed by atoms with van der Waals surface area (Å²) in [4.78, 5) is 27.7. The van der Waals surface area contributed by atoms with Gasteiger partial charge >= 0.3 is 6.09 Å².